The molecule has 1 aromatic rings. The van der Waals surface area contributed by atoms with Gasteiger partial charge >= 0.3 is 0 Å². The summed E-state index contributed by atoms with van der Waals surface area (Å²) in [5.74, 6) is 0.240. The molecule has 0 aromatic heterocycles. The highest BCUT2D eigenvalue weighted by Gasteiger charge is 2.22. The number of piperazine rings is 1. The maximum Gasteiger partial charge on any atom is 0.237 e. The molecule has 1 aromatic carbocycles. The van der Waals surface area contributed by atoms with Crippen LogP contribution in [0.5, 0.6) is 0 Å². The van der Waals surface area contributed by atoms with Crippen molar-refractivity contribution in [2.75, 3.05) is 39.3 Å². The number of benzene rings is 1. The van der Waals surface area contributed by atoms with Crippen molar-refractivity contribution in [1.29, 1.82) is 0 Å². The molecular formula is C18H29N3O. The summed E-state index contributed by atoms with van der Waals surface area (Å²) in [6, 6.07) is 10.5. The van der Waals surface area contributed by atoms with Crippen LogP contribution in [0.2, 0.25) is 0 Å². The van der Waals surface area contributed by atoms with Gasteiger partial charge in [0.25, 0.3) is 0 Å². The molecule has 1 aliphatic heterocycles. The lowest BCUT2D eigenvalue weighted by Crippen LogP contribution is -2.50. The third-order valence-corrected chi connectivity index (χ3v) is 4.41. The number of rotatable bonds is 6. The van der Waals surface area contributed by atoms with E-state index in [0.29, 0.717) is 13.1 Å². The molecule has 0 bridgehead atoms. The zero-order valence-electron chi connectivity index (χ0n) is 14.2. The number of carbonyl (C=O) groups excluding carboxylic acids is 1. The summed E-state index contributed by atoms with van der Waals surface area (Å²) < 4.78 is 0. The fourth-order valence-electron chi connectivity index (χ4n) is 2.88. The van der Waals surface area contributed by atoms with Crippen LogP contribution in [0.3, 0.4) is 0 Å². The smallest absolute Gasteiger partial charge is 0.237 e. The van der Waals surface area contributed by atoms with Crippen molar-refractivity contribution in [3.8, 4) is 0 Å². The van der Waals surface area contributed by atoms with E-state index in [4.69, 9.17) is 0 Å². The minimum absolute atomic E-state index is 0.227. The second-order valence-electron chi connectivity index (χ2n) is 6.31. The number of nitrogens with zero attached hydrogens (tertiary/aromatic N) is 3. The van der Waals surface area contributed by atoms with E-state index < -0.39 is 0 Å². The summed E-state index contributed by atoms with van der Waals surface area (Å²) >= 11 is 0. The maximum absolute atomic E-state index is 12.7. The molecule has 22 heavy (non-hydrogen) atoms. The molecule has 1 aliphatic rings. The van der Waals surface area contributed by atoms with E-state index in [9.17, 15) is 4.79 Å². The van der Waals surface area contributed by atoms with Gasteiger partial charge in [-0.2, -0.15) is 0 Å². The van der Waals surface area contributed by atoms with Gasteiger partial charge in [0.15, 0.2) is 0 Å². The summed E-state index contributed by atoms with van der Waals surface area (Å²) in [5, 5.41) is 0. The molecule has 0 aliphatic carbocycles. The van der Waals surface area contributed by atoms with Crippen LogP contribution in [0.15, 0.2) is 30.3 Å². The van der Waals surface area contributed by atoms with Crippen LogP contribution in [0.4, 0.5) is 0 Å². The molecule has 0 saturated carbocycles. The van der Waals surface area contributed by atoms with E-state index in [2.05, 4.69) is 42.7 Å². The quantitative estimate of drug-likeness (QED) is 0.805. The third-order valence-electron chi connectivity index (χ3n) is 4.41. The van der Waals surface area contributed by atoms with Crippen molar-refractivity contribution in [3.63, 3.8) is 0 Å². The van der Waals surface area contributed by atoms with Crippen LogP contribution in [0, 0.1) is 0 Å². The van der Waals surface area contributed by atoms with Crippen LogP contribution < -0.4 is 0 Å². The molecule has 1 saturated heterocycles. The van der Waals surface area contributed by atoms with Gasteiger partial charge in [-0.3, -0.25) is 9.69 Å². The Balaban J connectivity index is 1.90. The minimum Gasteiger partial charge on any atom is -0.335 e. The summed E-state index contributed by atoms with van der Waals surface area (Å²) in [4.78, 5) is 19.4. The molecule has 0 spiro atoms. The highest BCUT2D eigenvalue weighted by Crippen LogP contribution is 2.10. The van der Waals surface area contributed by atoms with Gasteiger partial charge in [-0.25, -0.2) is 0 Å². The molecule has 1 fully saturated rings. The highest BCUT2D eigenvalue weighted by atomic mass is 16.2. The lowest BCUT2D eigenvalue weighted by molar-refractivity contribution is -0.135. The molecule has 2 rings (SSSR count). The molecule has 122 valence electrons. The van der Waals surface area contributed by atoms with Gasteiger partial charge in [0.2, 0.25) is 5.91 Å². The largest absolute Gasteiger partial charge is 0.335 e. The van der Waals surface area contributed by atoms with Gasteiger partial charge in [0.1, 0.15) is 0 Å². The fraction of sp³-hybridized carbons (Fsp3) is 0.611. The predicted octanol–water partition coefficient (Wildman–Crippen LogP) is 2.06. The zero-order valence-corrected chi connectivity index (χ0v) is 14.2. The first-order chi connectivity index (χ1) is 10.6. The first kappa shape index (κ1) is 17.0. The standard InChI is InChI=1S/C18H29N3O/c1-4-19-10-12-20(13-11-19)15-18(22)21(16(2)3)14-17-8-6-5-7-9-17/h5-9,16H,4,10-15H2,1-3H3. The van der Waals surface area contributed by atoms with Gasteiger partial charge in [0, 0.05) is 38.8 Å². The van der Waals surface area contributed by atoms with Gasteiger partial charge in [-0.05, 0) is 26.0 Å². The Bertz CT molecular complexity index is 453. The second kappa shape index (κ2) is 8.30. The molecular weight excluding hydrogens is 274 g/mol. The summed E-state index contributed by atoms with van der Waals surface area (Å²) in [5.41, 5.74) is 1.19. The minimum atomic E-state index is 0.227. The lowest BCUT2D eigenvalue weighted by Gasteiger charge is -2.35. The summed E-state index contributed by atoms with van der Waals surface area (Å²) in [6.07, 6.45) is 0. The van der Waals surface area contributed by atoms with Crippen LogP contribution in [0.1, 0.15) is 26.3 Å². The molecule has 0 unspecified atom stereocenters. The average Bonchev–Trinajstić information content (AvgIpc) is 2.54. The Morgan fingerprint density at radius 2 is 1.68 bits per heavy atom. The Labute approximate surface area is 134 Å². The predicted molar refractivity (Wildman–Crippen MR) is 90.7 cm³/mol. The van der Waals surface area contributed by atoms with E-state index in [1.54, 1.807) is 0 Å². The normalized spacial score (nSPS) is 16.9. The molecule has 0 N–H and O–H groups in total. The van der Waals surface area contributed by atoms with Gasteiger partial charge in [0.05, 0.1) is 6.54 Å². The van der Waals surface area contributed by atoms with E-state index >= 15 is 0 Å². The number of amides is 1. The molecule has 0 radical (unpaired) electrons. The Morgan fingerprint density at radius 3 is 2.23 bits per heavy atom. The molecule has 1 amide bonds. The van der Waals surface area contributed by atoms with Crippen LogP contribution in [0.25, 0.3) is 0 Å². The van der Waals surface area contributed by atoms with Crippen molar-refractivity contribution >= 4 is 5.91 Å². The van der Waals surface area contributed by atoms with Gasteiger partial charge in [-0.15, -0.1) is 0 Å². The van der Waals surface area contributed by atoms with Crippen LogP contribution in [-0.2, 0) is 11.3 Å². The van der Waals surface area contributed by atoms with Crippen LogP contribution >= 0.6 is 0 Å². The van der Waals surface area contributed by atoms with Crippen molar-refractivity contribution in [2.24, 2.45) is 0 Å². The Hall–Kier alpha value is -1.39. The number of hydrogen-bond donors (Lipinski definition) is 0. The number of hydrogen-bond acceptors (Lipinski definition) is 3. The second-order valence-corrected chi connectivity index (χ2v) is 6.31. The number of likely N-dealkylation sites (N-methyl/N-ethyl adjacent to an activating group) is 1. The zero-order chi connectivity index (χ0) is 15.9. The fourth-order valence-corrected chi connectivity index (χ4v) is 2.88. The van der Waals surface area contributed by atoms with Crippen molar-refractivity contribution < 1.29 is 4.79 Å². The molecule has 4 nitrogen and oxygen atoms in total. The van der Waals surface area contributed by atoms with Crippen molar-refractivity contribution in [2.45, 2.75) is 33.4 Å². The number of carbonyl (C=O) groups is 1. The Kier molecular flexibility index (Phi) is 6.40. The summed E-state index contributed by atoms with van der Waals surface area (Å²) in [6.45, 7) is 12.9. The van der Waals surface area contributed by atoms with E-state index in [1.807, 2.05) is 23.1 Å². The monoisotopic (exact) mass is 303 g/mol. The SMILES string of the molecule is CCN1CCN(CC(=O)N(Cc2ccccc2)C(C)C)CC1. The van der Waals surface area contributed by atoms with Crippen molar-refractivity contribution in [1.82, 2.24) is 14.7 Å². The topological polar surface area (TPSA) is 26.8 Å². The first-order valence-corrected chi connectivity index (χ1v) is 8.38. The van der Waals surface area contributed by atoms with E-state index in [1.165, 1.54) is 5.56 Å². The van der Waals surface area contributed by atoms with E-state index in [0.717, 1.165) is 32.7 Å². The third kappa shape index (κ3) is 4.82. The highest BCUT2D eigenvalue weighted by molar-refractivity contribution is 5.78. The van der Waals surface area contributed by atoms with E-state index in [-0.39, 0.29) is 11.9 Å². The van der Waals surface area contributed by atoms with Gasteiger partial charge < -0.3 is 9.80 Å². The maximum atomic E-state index is 12.7. The lowest BCUT2D eigenvalue weighted by atomic mass is 10.2. The van der Waals surface area contributed by atoms with Crippen molar-refractivity contribution in [3.05, 3.63) is 35.9 Å². The molecule has 0 atom stereocenters. The van der Waals surface area contributed by atoms with Crippen LogP contribution in [-0.4, -0.2) is 65.9 Å². The first-order valence-electron chi connectivity index (χ1n) is 8.38. The summed E-state index contributed by atoms with van der Waals surface area (Å²) in [7, 11) is 0. The molecule has 1 heterocycles. The average molecular weight is 303 g/mol. The molecule has 4 heteroatoms. The Morgan fingerprint density at radius 1 is 1.09 bits per heavy atom. The van der Waals surface area contributed by atoms with Gasteiger partial charge in [-0.1, -0.05) is 37.3 Å².